The van der Waals surface area contributed by atoms with Crippen LogP contribution in [0.5, 0.6) is 0 Å². The Balaban J connectivity index is 1.72. The fourth-order valence-electron chi connectivity index (χ4n) is 2.98. The van der Waals surface area contributed by atoms with E-state index >= 15 is 0 Å². The molecule has 0 bridgehead atoms. The van der Waals surface area contributed by atoms with Gasteiger partial charge in [0.25, 0.3) is 0 Å². The maximum Gasteiger partial charge on any atom is 0.306 e. The quantitative estimate of drug-likeness (QED) is 0.947. The summed E-state index contributed by atoms with van der Waals surface area (Å²) in [6.07, 6.45) is 5.23. The third-order valence-corrected chi connectivity index (χ3v) is 4.42. The Labute approximate surface area is 128 Å². The number of carboxylic acids is 1. The summed E-state index contributed by atoms with van der Waals surface area (Å²) in [6.45, 7) is 3.63. The Bertz CT molecular complexity index is 670. The predicted molar refractivity (Wildman–Crippen MR) is 80.4 cm³/mol. The maximum absolute atomic E-state index is 11.1. The van der Waals surface area contributed by atoms with Crippen LogP contribution in [-0.2, 0) is 11.3 Å². The van der Waals surface area contributed by atoms with E-state index in [1.54, 1.807) is 0 Å². The summed E-state index contributed by atoms with van der Waals surface area (Å²) >= 11 is 5.97. The van der Waals surface area contributed by atoms with E-state index in [0.29, 0.717) is 17.9 Å². The summed E-state index contributed by atoms with van der Waals surface area (Å²) in [6, 6.07) is 3.98. The molecule has 0 spiro atoms. The van der Waals surface area contributed by atoms with Gasteiger partial charge in [0.15, 0.2) is 0 Å². The summed E-state index contributed by atoms with van der Waals surface area (Å²) < 4.78 is 1.92. The van der Waals surface area contributed by atoms with Gasteiger partial charge in [-0.25, -0.2) is 4.98 Å². The average Bonchev–Trinajstić information content (AvgIpc) is 2.82. The number of imidazole rings is 1. The average molecular weight is 308 g/mol. The number of pyridine rings is 1. The van der Waals surface area contributed by atoms with Crippen LogP contribution in [0.3, 0.4) is 0 Å². The van der Waals surface area contributed by atoms with E-state index < -0.39 is 5.97 Å². The molecule has 6 heteroatoms. The van der Waals surface area contributed by atoms with Crippen molar-refractivity contribution in [3.63, 3.8) is 0 Å². The standard InChI is InChI=1S/C15H18ClN3O2/c1-10-6-11(15(20)21)4-5-18(10)8-13-9-19-7-12(16)2-3-14(19)17-13/h2-3,7,9-11H,4-6,8H2,1H3,(H,20,21). The van der Waals surface area contributed by atoms with Crippen LogP contribution in [0.15, 0.2) is 24.5 Å². The normalized spacial score (nSPS) is 23.5. The van der Waals surface area contributed by atoms with Crippen molar-refractivity contribution in [3.8, 4) is 0 Å². The van der Waals surface area contributed by atoms with E-state index in [1.165, 1.54) is 0 Å². The van der Waals surface area contributed by atoms with Crippen molar-refractivity contribution in [2.24, 2.45) is 5.92 Å². The third kappa shape index (κ3) is 3.04. The summed E-state index contributed by atoms with van der Waals surface area (Å²) in [5, 5.41) is 9.79. The number of hydrogen-bond acceptors (Lipinski definition) is 3. The van der Waals surface area contributed by atoms with Gasteiger partial charge in [0.05, 0.1) is 16.6 Å². The van der Waals surface area contributed by atoms with Crippen LogP contribution in [0.4, 0.5) is 0 Å². The molecule has 1 aliphatic heterocycles. The molecular formula is C15H18ClN3O2. The number of hydrogen-bond donors (Lipinski definition) is 1. The molecule has 1 fully saturated rings. The zero-order valence-corrected chi connectivity index (χ0v) is 12.6. The van der Waals surface area contributed by atoms with Crippen molar-refractivity contribution < 1.29 is 9.90 Å². The number of carbonyl (C=O) groups is 1. The van der Waals surface area contributed by atoms with E-state index in [-0.39, 0.29) is 12.0 Å². The van der Waals surface area contributed by atoms with Crippen LogP contribution >= 0.6 is 11.6 Å². The van der Waals surface area contributed by atoms with Crippen LogP contribution in [-0.4, -0.2) is 37.9 Å². The van der Waals surface area contributed by atoms with Gasteiger partial charge in [0.2, 0.25) is 0 Å². The Hall–Kier alpha value is -1.59. The molecule has 0 aromatic carbocycles. The predicted octanol–water partition coefficient (Wildman–Crippen LogP) is 2.67. The lowest BCUT2D eigenvalue weighted by Gasteiger charge is -2.35. The highest BCUT2D eigenvalue weighted by molar-refractivity contribution is 6.30. The lowest BCUT2D eigenvalue weighted by Crippen LogP contribution is -2.42. The molecule has 1 aliphatic rings. The molecule has 1 N–H and O–H groups in total. The molecule has 3 heterocycles. The van der Waals surface area contributed by atoms with Crippen LogP contribution in [0, 0.1) is 5.92 Å². The molecule has 0 amide bonds. The smallest absolute Gasteiger partial charge is 0.306 e. The second-order valence-corrected chi connectivity index (χ2v) is 6.16. The van der Waals surface area contributed by atoms with Crippen LogP contribution in [0.25, 0.3) is 5.65 Å². The molecule has 3 rings (SSSR count). The number of fused-ring (bicyclic) bond motifs is 1. The number of aliphatic carboxylic acids is 1. The third-order valence-electron chi connectivity index (χ3n) is 4.19. The van der Waals surface area contributed by atoms with Gasteiger partial charge in [-0.15, -0.1) is 0 Å². The van der Waals surface area contributed by atoms with E-state index in [2.05, 4.69) is 16.8 Å². The molecule has 112 valence electrons. The summed E-state index contributed by atoms with van der Waals surface area (Å²) in [7, 11) is 0. The number of aromatic nitrogens is 2. The number of halogens is 1. The highest BCUT2D eigenvalue weighted by atomic mass is 35.5. The number of rotatable bonds is 3. The van der Waals surface area contributed by atoms with E-state index in [1.807, 2.05) is 28.9 Å². The van der Waals surface area contributed by atoms with Gasteiger partial charge < -0.3 is 9.51 Å². The highest BCUT2D eigenvalue weighted by Crippen LogP contribution is 2.24. The van der Waals surface area contributed by atoms with Crippen LogP contribution in [0.1, 0.15) is 25.5 Å². The van der Waals surface area contributed by atoms with E-state index in [9.17, 15) is 4.79 Å². The van der Waals surface area contributed by atoms with Crippen molar-refractivity contribution in [3.05, 3.63) is 35.2 Å². The Morgan fingerprint density at radius 1 is 1.48 bits per heavy atom. The van der Waals surface area contributed by atoms with Crippen molar-refractivity contribution in [2.75, 3.05) is 6.54 Å². The van der Waals surface area contributed by atoms with E-state index in [4.69, 9.17) is 16.7 Å². The lowest BCUT2D eigenvalue weighted by molar-refractivity contribution is -0.144. The van der Waals surface area contributed by atoms with Crippen molar-refractivity contribution >= 4 is 23.2 Å². The van der Waals surface area contributed by atoms with Crippen molar-refractivity contribution in [2.45, 2.75) is 32.4 Å². The first-order valence-electron chi connectivity index (χ1n) is 7.13. The minimum atomic E-state index is -0.677. The van der Waals surface area contributed by atoms with Gasteiger partial charge in [-0.05, 0) is 38.4 Å². The minimum absolute atomic E-state index is 0.212. The maximum atomic E-state index is 11.1. The van der Waals surface area contributed by atoms with E-state index in [0.717, 1.165) is 24.4 Å². The molecule has 0 aliphatic carbocycles. The number of likely N-dealkylation sites (tertiary alicyclic amines) is 1. The summed E-state index contributed by atoms with van der Waals surface area (Å²) in [4.78, 5) is 17.9. The number of carboxylic acid groups (broad SMARTS) is 1. The SMILES string of the molecule is CC1CC(C(=O)O)CCN1Cc1cn2cc(Cl)ccc2n1. The second kappa shape index (κ2) is 5.66. The second-order valence-electron chi connectivity index (χ2n) is 5.72. The van der Waals surface area contributed by atoms with Gasteiger partial charge in [-0.1, -0.05) is 11.6 Å². The zero-order chi connectivity index (χ0) is 15.0. The van der Waals surface area contributed by atoms with Crippen LogP contribution < -0.4 is 0 Å². The first-order chi connectivity index (χ1) is 10.0. The molecule has 0 radical (unpaired) electrons. The van der Waals surface area contributed by atoms with Gasteiger partial charge in [-0.2, -0.15) is 0 Å². The lowest BCUT2D eigenvalue weighted by atomic mass is 9.92. The molecule has 2 aromatic rings. The number of piperidine rings is 1. The Morgan fingerprint density at radius 2 is 2.29 bits per heavy atom. The molecule has 2 unspecified atom stereocenters. The molecule has 5 nitrogen and oxygen atoms in total. The largest absolute Gasteiger partial charge is 0.481 e. The molecule has 2 atom stereocenters. The molecular weight excluding hydrogens is 290 g/mol. The highest BCUT2D eigenvalue weighted by Gasteiger charge is 2.29. The fraction of sp³-hybridized carbons (Fsp3) is 0.467. The van der Waals surface area contributed by atoms with Gasteiger partial charge in [0.1, 0.15) is 5.65 Å². The first kappa shape index (κ1) is 14.4. The molecule has 0 saturated carbocycles. The summed E-state index contributed by atoms with van der Waals surface area (Å²) in [5.74, 6) is -0.889. The fourth-order valence-corrected chi connectivity index (χ4v) is 3.15. The van der Waals surface area contributed by atoms with Gasteiger partial charge >= 0.3 is 5.97 Å². The summed E-state index contributed by atoms with van der Waals surface area (Å²) in [5.41, 5.74) is 1.86. The number of nitrogens with zero attached hydrogens (tertiary/aromatic N) is 3. The molecule has 21 heavy (non-hydrogen) atoms. The van der Waals surface area contributed by atoms with Crippen molar-refractivity contribution in [1.29, 1.82) is 0 Å². The van der Waals surface area contributed by atoms with Crippen molar-refractivity contribution in [1.82, 2.24) is 14.3 Å². The zero-order valence-electron chi connectivity index (χ0n) is 11.9. The Morgan fingerprint density at radius 3 is 3.00 bits per heavy atom. The first-order valence-corrected chi connectivity index (χ1v) is 7.50. The van der Waals surface area contributed by atoms with Gasteiger partial charge in [0, 0.05) is 25.0 Å². The minimum Gasteiger partial charge on any atom is -0.481 e. The Kier molecular flexibility index (Phi) is 3.87. The monoisotopic (exact) mass is 307 g/mol. The van der Waals surface area contributed by atoms with Gasteiger partial charge in [-0.3, -0.25) is 9.69 Å². The molecule has 1 saturated heterocycles. The molecule has 2 aromatic heterocycles. The van der Waals surface area contributed by atoms with Crippen LogP contribution in [0.2, 0.25) is 5.02 Å². The topological polar surface area (TPSA) is 57.8 Å².